The van der Waals surface area contributed by atoms with Crippen LogP contribution in [0.3, 0.4) is 0 Å². The Kier molecular flexibility index (Phi) is 6.47. The van der Waals surface area contributed by atoms with Gasteiger partial charge in [-0.1, -0.05) is 41.9 Å². The van der Waals surface area contributed by atoms with Gasteiger partial charge in [0.2, 0.25) is 0 Å². The zero-order chi connectivity index (χ0) is 24.3. The van der Waals surface area contributed by atoms with E-state index in [1.54, 1.807) is 48.5 Å². The molecule has 0 saturated heterocycles. The van der Waals surface area contributed by atoms with Crippen LogP contribution in [0, 0.1) is 0 Å². The van der Waals surface area contributed by atoms with Crippen LogP contribution in [0.4, 0.5) is 18.9 Å². The average molecular weight is 487 g/mol. The molecule has 3 aromatic rings. The lowest BCUT2D eigenvalue weighted by molar-refractivity contribution is -0.137. The van der Waals surface area contributed by atoms with Crippen LogP contribution in [0.15, 0.2) is 95.4 Å². The Morgan fingerprint density at radius 2 is 1.74 bits per heavy atom. The molecule has 0 saturated carbocycles. The first-order chi connectivity index (χ1) is 16.2. The summed E-state index contributed by atoms with van der Waals surface area (Å²) in [6, 6.07) is 19.8. The zero-order valence-corrected chi connectivity index (χ0v) is 18.5. The highest BCUT2D eigenvalue weighted by molar-refractivity contribution is 6.30. The second-order valence-corrected chi connectivity index (χ2v) is 7.68. The summed E-state index contributed by atoms with van der Waals surface area (Å²) in [6.45, 7) is 0. The molecule has 0 bridgehead atoms. The van der Waals surface area contributed by atoms with Gasteiger partial charge in [-0.05, 0) is 48.5 Å². The Labute approximate surface area is 198 Å². The minimum atomic E-state index is -4.52. The Hall–Kier alpha value is -3.98. The number of amidine groups is 1. The van der Waals surface area contributed by atoms with E-state index in [1.807, 2.05) is 6.07 Å². The van der Waals surface area contributed by atoms with Gasteiger partial charge in [-0.2, -0.15) is 18.2 Å². The van der Waals surface area contributed by atoms with Gasteiger partial charge in [-0.15, -0.1) is 0 Å². The third-order valence-corrected chi connectivity index (χ3v) is 5.01. The molecule has 0 spiro atoms. The second-order valence-electron chi connectivity index (χ2n) is 7.24. The smallest absolute Gasteiger partial charge is 0.416 e. The molecular formula is C24H18ClF3N4O2. The third-order valence-electron chi connectivity index (χ3n) is 4.75. The van der Waals surface area contributed by atoms with Crippen molar-refractivity contribution in [1.29, 1.82) is 0 Å². The Bertz CT molecular complexity index is 1260. The summed E-state index contributed by atoms with van der Waals surface area (Å²) in [7, 11) is 1.54. The van der Waals surface area contributed by atoms with Crippen molar-refractivity contribution in [1.82, 2.24) is 10.4 Å². The normalized spacial score (nSPS) is 13.8. The standard InChI is InChI=1S/C24H18ClF3N4O2/c1-32-21(15-6-5-7-16(14-15)24(26,27)28)30-23(34-19-12-10-17(25)11-13-19)20(31-32)22(33)29-18-8-3-2-4-9-18/h2-14,31H,1H3,(H,29,33). The monoisotopic (exact) mass is 486 g/mol. The number of hydrogen-bond donors (Lipinski definition) is 2. The number of carbonyl (C=O) groups is 1. The lowest BCUT2D eigenvalue weighted by Gasteiger charge is -2.29. The molecular weight excluding hydrogens is 469 g/mol. The highest BCUT2D eigenvalue weighted by atomic mass is 35.5. The summed E-state index contributed by atoms with van der Waals surface area (Å²) in [4.78, 5) is 17.4. The van der Waals surface area contributed by atoms with Gasteiger partial charge in [0, 0.05) is 23.3 Å². The van der Waals surface area contributed by atoms with Gasteiger partial charge < -0.3 is 10.1 Å². The van der Waals surface area contributed by atoms with Gasteiger partial charge in [0.1, 0.15) is 5.75 Å². The van der Waals surface area contributed by atoms with Gasteiger partial charge >= 0.3 is 6.18 Å². The minimum absolute atomic E-state index is 0.0305. The van der Waals surface area contributed by atoms with Crippen molar-refractivity contribution < 1.29 is 22.7 Å². The molecule has 0 fully saturated rings. The first kappa shape index (κ1) is 23.2. The number of aliphatic imine (C=N–C) groups is 1. The number of hydrazine groups is 1. The number of hydrogen-bond acceptors (Lipinski definition) is 5. The van der Waals surface area contributed by atoms with Crippen LogP contribution in [0.25, 0.3) is 0 Å². The number of nitrogens with one attached hydrogen (secondary N) is 2. The molecule has 1 amide bonds. The number of carbonyl (C=O) groups excluding carboxylic acids is 1. The third kappa shape index (κ3) is 5.32. The van der Waals surface area contributed by atoms with Crippen molar-refractivity contribution in [3.63, 3.8) is 0 Å². The van der Waals surface area contributed by atoms with Crippen LogP contribution in [0.5, 0.6) is 5.75 Å². The molecule has 1 aliphatic heterocycles. The number of halogens is 4. The molecule has 2 N–H and O–H groups in total. The molecule has 1 aliphatic rings. The highest BCUT2D eigenvalue weighted by Crippen LogP contribution is 2.30. The van der Waals surface area contributed by atoms with Crippen molar-refractivity contribution in [2.75, 3.05) is 12.4 Å². The van der Waals surface area contributed by atoms with Crippen LogP contribution in [-0.2, 0) is 11.0 Å². The molecule has 0 aliphatic carbocycles. The van der Waals surface area contributed by atoms with E-state index in [1.165, 1.54) is 24.2 Å². The molecule has 10 heteroatoms. The average Bonchev–Trinajstić information content (AvgIpc) is 2.81. The van der Waals surface area contributed by atoms with Crippen molar-refractivity contribution in [3.8, 4) is 5.75 Å². The van der Waals surface area contributed by atoms with Crippen LogP contribution < -0.4 is 15.5 Å². The predicted octanol–water partition coefficient (Wildman–Crippen LogP) is 5.44. The molecule has 0 aromatic heterocycles. The van der Waals surface area contributed by atoms with E-state index < -0.39 is 17.6 Å². The fraction of sp³-hybridized carbons (Fsp3) is 0.0833. The maximum Gasteiger partial charge on any atom is 0.416 e. The van der Waals surface area contributed by atoms with E-state index in [9.17, 15) is 18.0 Å². The van der Waals surface area contributed by atoms with Crippen LogP contribution in [-0.4, -0.2) is 23.8 Å². The topological polar surface area (TPSA) is 66.0 Å². The summed E-state index contributed by atoms with van der Waals surface area (Å²) in [5.74, 6) is -0.204. The number of anilines is 1. The lowest BCUT2D eigenvalue weighted by Crippen LogP contribution is -2.46. The number of alkyl halides is 3. The highest BCUT2D eigenvalue weighted by Gasteiger charge is 2.32. The van der Waals surface area contributed by atoms with Gasteiger partial charge in [-0.3, -0.25) is 15.2 Å². The molecule has 174 valence electrons. The summed E-state index contributed by atoms with van der Waals surface area (Å²) in [6.07, 6.45) is -4.52. The van der Waals surface area contributed by atoms with Gasteiger partial charge in [0.25, 0.3) is 11.8 Å². The quantitative estimate of drug-likeness (QED) is 0.504. The maximum atomic E-state index is 13.2. The number of para-hydroxylation sites is 1. The van der Waals surface area contributed by atoms with E-state index in [4.69, 9.17) is 16.3 Å². The minimum Gasteiger partial charge on any atom is -0.437 e. The number of amides is 1. The zero-order valence-electron chi connectivity index (χ0n) is 17.7. The van der Waals surface area contributed by atoms with Crippen LogP contribution in [0.2, 0.25) is 5.02 Å². The number of rotatable bonds is 5. The molecule has 1 heterocycles. The Balaban J connectivity index is 1.75. The largest absolute Gasteiger partial charge is 0.437 e. The Morgan fingerprint density at radius 3 is 2.41 bits per heavy atom. The SMILES string of the molecule is CN1NC(C(=O)Nc2ccccc2)=C(Oc2ccc(Cl)cc2)N=C1c1cccc(C(F)(F)F)c1. The van der Waals surface area contributed by atoms with Crippen molar-refractivity contribution in [2.45, 2.75) is 6.18 Å². The number of ether oxygens (including phenoxy) is 1. The van der Waals surface area contributed by atoms with Gasteiger partial charge in [0.05, 0.1) is 5.56 Å². The summed E-state index contributed by atoms with van der Waals surface area (Å²) < 4.78 is 45.6. The molecule has 0 unspecified atom stereocenters. The fourth-order valence-corrected chi connectivity index (χ4v) is 3.27. The van der Waals surface area contributed by atoms with E-state index in [0.717, 1.165) is 12.1 Å². The van der Waals surface area contributed by atoms with Crippen molar-refractivity contribution >= 4 is 29.0 Å². The van der Waals surface area contributed by atoms with Crippen LogP contribution in [0.1, 0.15) is 11.1 Å². The molecule has 34 heavy (non-hydrogen) atoms. The first-order valence-electron chi connectivity index (χ1n) is 10.0. The Morgan fingerprint density at radius 1 is 1.03 bits per heavy atom. The van der Waals surface area contributed by atoms with E-state index in [2.05, 4.69) is 15.7 Å². The molecule has 3 aromatic carbocycles. The van der Waals surface area contributed by atoms with E-state index in [-0.39, 0.29) is 23.0 Å². The van der Waals surface area contributed by atoms with Crippen LogP contribution >= 0.6 is 11.6 Å². The fourth-order valence-electron chi connectivity index (χ4n) is 3.14. The lowest BCUT2D eigenvalue weighted by atomic mass is 10.1. The molecule has 6 nitrogen and oxygen atoms in total. The summed E-state index contributed by atoms with van der Waals surface area (Å²) in [5.41, 5.74) is 2.74. The van der Waals surface area contributed by atoms with E-state index in [0.29, 0.717) is 16.5 Å². The first-order valence-corrected chi connectivity index (χ1v) is 10.4. The van der Waals surface area contributed by atoms with Gasteiger partial charge in [-0.25, -0.2) is 0 Å². The summed E-state index contributed by atoms with van der Waals surface area (Å²) >= 11 is 5.93. The van der Waals surface area contributed by atoms with Crippen molar-refractivity contribution in [2.24, 2.45) is 4.99 Å². The van der Waals surface area contributed by atoms with Gasteiger partial charge in [0.15, 0.2) is 11.5 Å². The molecule has 0 atom stereocenters. The molecule has 4 rings (SSSR count). The number of nitrogens with zero attached hydrogens (tertiary/aromatic N) is 2. The predicted molar refractivity (Wildman–Crippen MR) is 123 cm³/mol. The molecule has 0 radical (unpaired) electrons. The number of benzene rings is 3. The van der Waals surface area contributed by atoms with Crippen molar-refractivity contribution in [3.05, 3.63) is 107 Å². The second kappa shape index (κ2) is 9.48. The maximum absolute atomic E-state index is 13.2. The summed E-state index contributed by atoms with van der Waals surface area (Å²) in [5, 5.41) is 4.57. The van der Waals surface area contributed by atoms with E-state index >= 15 is 0 Å².